The molecule has 414 valence electrons. The Balaban J connectivity index is 0.917. The summed E-state index contributed by atoms with van der Waals surface area (Å²) in [5, 5.41) is 9.84. The number of nitrogens with zero attached hydrogens (tertiary/aromatic N) is 5. The fourth-order valence-corrected chi connectivity index (χ4v) is 18.9. The molecule has 7 heteroatoms. The molecular formula is C81H58BN5Si. The van der Waals surface area contributed by atoms with E-state index in [9.17, 15) is 0 Å². The van der Waals surface area contributed by atoms with Gasteiger partial charge >= 0.3 is 6.85 Å². The quantitative estimate of drug-likeness (QED) is 0.0520. The number of rotatable bonds is 12. The minimum absolute atomic E-state index is 0.111. The third kappa shape index (κ3) is 9.02. The van der Waals surface area contributed by atoms with E-state index in [1.54, 1.807) is 0 Å². The Morgan fingerprint density at radius 3 is 1.49 bits per heavy atom. The molecule has 0 unspecified atom stereocenters. The first-order valence-electron chi connectivity index (χ1n) is 30.3. The summed E-state index contributed by atoms with van der Waals surface area (Å²) in [5.41, 5.74) is 17.2. The van der Waals surface area contributed by atoms with Gasteiger partial charge in [-0.2, -0.15) is 0 Å². The summed E-state index contributed by atoms with van der Waals surface area (Å²) in [6, 6.07) is 122. The Morgan fingerprint density at radius 1 is 0.364 bits per heavy atom. The van der Waals surface area contributed by atoms with Crippen LogP contribution in [0, 0.1) is 0 Å². The van der Waals surface area contributed by atoms with Crippen molar-refractivity contribution in [1.82, 2.24) is 9.13 Å². The van der Waals surface area contributed by atoms with Gasteiger partial charge in [-0.25, -0.2) is 9.98 Å². The monoisotopic (exact) mass is 1140 g/mol. The number of benzene rings is 13. The summed E-state index contributed by atoms with van der Waals surface area (Å²) in [7, 11) is -3.24. The fraction of sp³-hybridized carbons (Fsp3) is 0.0123. The SMILES string of the molecule is C(=NC(=NCN1B(c2ccccc2)c2ccccc2-c2ccccc21)c1cccc([Si](c2ccccc2)(c2cccc(-c3ccccc3)c2)c2cccc(-c3ccccc3)c2)c1)n1c2ccccc2c2cc(-n3c4ccccc4c4ccccc43)ccc21. The molecular weight excluding hydrogens is 1080 g/mol. The molecule has 0 aliphatic carbocycles. The Kier molecular flexibility index (Phi) is 13.3. The first-order chi connectivity index (χ1) is 43.7. The van der Waals surface area contributed by atoms with E-state index < -0.39 is 8.07 Å². The van der Waals surface area contributed by atoms with E-state index >= 15 is 0 Å². The van der Waals surface area contributed by atoms with E-state index in [1.807, 2.05) is 6.34 Å². The van der Waals surface area contributed by atoms with Gasteiger partial charge in [0.25, 0.3) is 0 Å². The number of amidine groups is 1. The lowest BCUT2D eigenvalue weighted by atomic mass is 9.46. The predicted octanol–water partition coefficient (Wildman–Crippen LogP) is 15.2. The molecule has 5 nitrogen and oxygen atoms in total. The van der Waals surface area contributed by atoms with Gasteiger partial charge in [0.05, 0.1) is 22.1 Å². The Bertz CT molecular complexity index is 5010. The average Bonchev–Trinajstić information content (AvgIpc) is 1.24. The summed E-state index contributed by atoms with van der Waals surface area (Å²) in [6.07, 6.45) is 2.01. The van der Waals surface area contributed by atoms with Crippen LogP contribution >= 0.6 is 0 Å². The molecule has 0 spiro atoms. The van der Waals surface area contributed by atoms with Gasteiger partial charge in [-0.1, -0.05) is 297 Å². The van der Waals surface area contributed by atoms with E-state index in [4.69, 9.17) is 9.98 Å². The van der Waals surface area contributed by atoms with Gasteiger partial charge in [0.2, 0.25) is 0 Å². The Labute approximate surface area is 513 Å². The number of aliphatic imine (C=N–C) groups is 2. The molecule has 16 rings (SSSR count). The van der Waals surface area contributed by atoms with Crippen molar-refractivity contribution in [3.63, 3.8) is 0 Å². The number of hydrogen-bond acceptors (Lipinski definition) is 2. The van der Waals surface area contributed by atoms with Gasteiger partial charge in [-0.3, -0.25) is 4.57 Å². The van der Waals surface area contributed by atoms with Crippen molar-refractivity contribution in [2.75, 3.05) is 11.5 Å². The molecule has 0 N–H and O–H groups in total. The molecule has 0 atom stereocenters. The molecule has 0 saturated heterocycles. The second-order valence-corrected chi connectivity index (χ2v) is 26.6. The van der Waals surface area contributed by atoms with Gasteiger partial charge in [0.1, 0.15) is 13.0 Å². The molecule has 15 aromatic rings. The molecule has 0 amide bonds. The van der Waals surface area contributed by atoms with Gasteiger partial charge in [-0.05, 0) is 96.5 Å². The highest BCUT2D eigenvalue weighted by Crippen LogP contribution is 2.37. The maximum Gasteiger partial charge on any atom is 0.325 e. The van der Waals surface area contributed by atoms with Gasteiger partial charge in [-0.15, -0.1) is 0 Å². The zero-order chi connectivity index (χ0) is 58.4. The first kappa shape index (κ1) is 52.4. The highest BCUT2D eigenvalue weighted by atomic mass is 28.3. The van der Waals surface area contributed by atoms with Crippen molar-refractivity contribution in [3.8, 4) is 39.1 Å². The number of hydrogen-bond donors (Lipinski definition) is 0. The summed E-state index contributed by atoms with van der Waals surface area (Å²) in [6.45, 7) is 0.219. The third-order valence-electron chi connectivity index (χ3n) is 18.0. The van der Waals surface area contributed by atoms with Crippen LogP contribution in [0.3, 0.4) is 0 Å². The lowest BCUT2D eigenvalue weighted by molar-refractivity contribution is 1.02. The van der Waals surface area contributed by atoms with Crippen molar-refractivity contribution in [2.24, 2.45) is 9.98 Å². The van der Waals surface area contributed by atoms with Crippen molar-refractivity contribution < 1.29 is 0 Å². The first-order valence-corrected chi connectivity index (χ1v) is 32.3. The van der Waals surface area contributed by atoms with Crippen LogP contribution in [0.5, 0.6) is 0 Å². The molecule has 1 aliphatic heterocycles. The number of fused-ring (bicyclic) bond motifs is 9. The van der Waals surface area contributed by atoms with E-state index in [0.29, 0.717) is 12.5 Å². The van der Waals surface area contributed by atoms with Crippen molar-refractivity contribution in [3.05, 3.63) is 339 Å². The predicted molar refractivity (Wildman–Crippen MR) is 376 cm³/mol. The Hall–Kier alpha value is -11.1. The van der Waals surface area contributed by atoms with Crippen LogP contribution in [-0.4, -0.2) is 42.9 Å². The summed E-state index contributed by atoms with van der Waals surface area (Å²) in [4.78, 5) is 14.0. The molecule has 2 aromatic heterocycles. The molecule has 13 aromatic carbocycles. The van der Waals surface area contributed by atoms with Crippen LogP contribution in [0.15, 0.2) is 344 Å². The second-order valence-electron chi connectivity index (χ2n) is 22.8. The van der Waals surface area contributed by atoms with Crippen LogP contribution in [0.4, 0.5) is 5.69 Å². The second kappa shape index (κ2) is 22.4. The lowest BCUT2D eigenvalue weighted by Gasteiger charge is -2.37. The van der Waals surface area contributed by atoms with Gasteiger partial charge in [0, 0.05) is 44.0 Å². The summed E-state index contributed by atoms with van der Waals surface area (Å²) in [5.74, 6) is 0.630. The van der Waals surface area contributed by atoms with E-state index in [-0.39, 0.29) is 6.85 Å². The van der Waals surface area contributed by atoms with Crippen molar-refractivity contribution >= 4 is 108 Å². The lowest BCUT2D eigenvalue weighted by Crippen LogP contribution is -2.74. The highest BCUT2D eigenvalue weighted by molar-refractivity contribution is 7.20. The highest BCUT2D eigenvalue weighted by Gasteiger charge is 2.42. The smallest absolute Gasteiger partial charge is 0.325 e. The standard InChI is InChI=1S/C81H58BN5Si/c1-5-26-58(27-6-1)60-30-23-37-66(52-60)88(65-35-11-4-12-36-65,67-38-24-31-61(53-67)59-28-7-2-8-29-59)68-39-25-32-62(54-68)81(84-57-86-78-47-20-15-41-70(78)69-40-13-18-45-75(69)82(86)63-33-9-3-10-34-63)83-56-85-76-46-19-14-44-73(76)74-55-64(50-51-77(74)85)87-79-48-21-16-42-71(79)72-43-17-22-49-80(72)87/h1-56H,57H2. The number of para-hydroxylation sites is 4. The fourth-order valence-electron chi connectivity index (χ4n) is 14.0. The minimum atomic E-state index is -3.24. The summed E-state index contributed by atoms with van der Waals surface area (Å²) >= 11 is 0. The van der Waals surface area contributed by atoms with Crippen LogP contribution in [0.1, 0.15) is 5.56 Å². The van der Waals surface area contributed by atoms with E-state index in [0.717, 1.165) is 38.7 Å². The molecule has 0 radical (unpaired) electrons. The maximum atomic E-state index is 5.82. The molecule has 0 saturated carbocycles. The van der Waals surface area contributed by atoms with Crippen molar-refractivity contribution in [2.45, 2.75) is 0 Å². The number of aromatic nitrogens is 2. The normalized spacial score (nSPS) is 12.6. The number of anilines is 1. The van der Waals surface area contributed by atoms with Crippen LogP contribution in [-0.2, 0) is 0 Å². The zero-order valence-electron chi connectivity index (χ0n) is 48.4. The van der Waals surface area contributed by atoms with Crippen molar-refractivity contribution in [1.29, 1.82) is 0 Å². The zero-order valence-corrected chi connectivity index (χ0v) is 49.4. The molecule has 0 bridgehead atoms. The molecule has 88 heavy (non-hydrogen) atoms. The molecule has 0 fully saturated rings. The van der Waals surface area contributed by atoms with E-state index in [2.05, 4.69) is 348 Å². The largest absolute Gasteiger partial charge is 0.388 e. The topological polar surface area (TPSA) is 37.8 Å². The minimum Gasteiger partial charge on any atom is -0.388 e. The molecule has 1 aliphatic rings. The van der Waals surface area contributed by atoms with Gasteiger partial charge < -0.3 is 9.38 Å². The van der Waals surface area contributed by atoms with E-state index in [1.165, 1.54) is 86.9 Å². The van der Waals surface area contributed by atoms with Crippen LogP contribution in [0.2, 0.25) is 0 Å². The summed E-state index contributed by atoms with van der Waals surface area (Å²) < 4.78 is 4.66. The third-order valence-corrected chi connectivity index (χ3v) is 22.7. The average molecular weight is 1140 g/mol. The maximum absolute atomic E-state index is 5.82. The van der Waals surface area contributed by atoms with Gasteiger partial charge in [0.15, 0.2) is 13.9 Å². The molecule has 3 heterocycles. The van der Waals surface area contributed by atoms with Crippen LogP contribution < -0.4 is 36.5 Å². The van der Waals surface area contributed by atoms with Crippen LogP contribution in [0.25, 0.3) is 82.7 Å². The Morgan fingerprint density at radius 2 is 0.841 bits per heavy atom.